The Morgan fingerprint density at radius 2 is 0.947 bits per heavy atom. The van der Waals surface area contributed by atoms with Crippen molar-refractivity contribution in [2.45, 2.75) is 44.7 Å². The third-order valence-electron chi connectivity index (χ3n) is 12.9. The van der Waals surface area contributed by atoms with Gasteiger partial charge >= 0.3 is 0 Å². The van der Waals surface area contributed by atoms with Crippen LogP contribution < -0.4 is 10.2 Å². The second-order valence-electron chi connectivity index (χ2n) is 16.9. The van der Waals surface area contributed by atoms with Gasteiger partial charge in [-0.2, -0.15) is 0 Å². The van der Waals surface area contributed by atoms with Crippen molar-refractivity contribution >= 4 is 17.2 Å². The lowest BCUT2D eigenvalue weighted by Gasteiger charge is -2.27. The van der Waals surface area contributed by atoms with E-state index >= 15 is 0 Å². The Labute approximate surface area is 335 Å². The molecule has 11 rings (SSSR count). The van der Waals surface area contributed by atoms with Crippen molar-refractivity contribution < 1.29 is 0 Å². The van der Waals surface area contributed by atoms with Gasteiger partial charge in [0.1, 0.15) is 6.17 Å². The van der Waals surface area contributed by atoms with E-state index in [9.17, 15) is 0 Å². The minimum Gasteiger partial charge on any atom is -0.358 e. The average Bonchev–Trinajstić information content (AvgIpc) is 3.84. The van der Waals surface area contributed by atoms with Crippen LogP contribution in [0.4, 0.5) is 17.2 Å². The van der Waals surface area contributed by atoms with Gasteiger partial charge in [0.15, 0.2) is 5.82 Å². The molecule has 0 amide bonds. The van der Waals surface area contributed by atoms with Crippen LogP contribution in [-0.4, -0.2) is 4.98 Å². The fourth-order valence-corrected chi connectivity index (χ4v) is 9.99. The molecule has 0 saturated heterocycles. The smallest absolute Gasteiger partial charge is 0.159 e. The molecular weight excluding hydrogens is 691 g/mol. The van der Waals surface area contributed by atoms with Gasteiger partial charge in [-0.05, 0) is 126 Å². The number of nitrogens with one attached hydrogen (secondary N) is 1. The van der Waals surface area contributed by atoms with Gasteiger partial charge in [-0.25, -0.2) is 4.98 Å². The van der Waals surface area contributed by atoms with Crippen LogP contribution in [0.1, 0.15) is 61.7 Å². The maximum absolute atomic E-state index is 5.05. The first-order valence-corrected chi connectivity index (χ1v) is 20.1. The number of benzene rings is 7. The lowest BCUT2D eigenvalue weighted by Crippen LogP contribution is -2.24. The number of fused-ring (bicyclic) bond motifs is 7. The van der Waals surface area contributed by atoms with E-state index in [1.807, 2.05) is 6.20 Å². The molecular formula is C54H43N3. The highest BCUT2D eigenvalue weighted by Crippen LogP contribution is 2.53. The van der Waals surface area contributed by atoms with E-state index in [0.29, 0.717) is 0 Å². The van der Waals surface area contributed by atoms with Crippen LogP contribution in [0, 0.1) is 0 Å². The summed E-state index contributed by atoms with van der Waals surface area (Å²) in [6.07, 6.45) is 1.73. The molecule has 0 fully saturated rings. The summed E-state index contributed by atoms with van der Waals surface area (Å²) in [5.41, 5.74) is 21.2. The molecule has 8 aromatic rings. The Kier molecular flexibility index (Phi) is 7.31. The normalized spacial score (nSPS) is 16.3. The van der Waals surface area contributed by atoms with Crippen LogP contribution in [0.5, 0.6) is 0 Å². The van der Waals surface area contributed by atoms with Crippen LogP contribution in [0.3, 0.4) is 0 Å². The van der Waals surface area contributed by atoms with Gasteiger partial charge in [0, 0.05) is 28.3 Å². The molecule has 1 atom stereocenters. The standard InChI is InChI=1S/C54H43N3/c1-53(2)46-21-13-11-19-42(46)44-32-35(23-25-48(44)53)37-29-38(36-24-26-49-45(33-36)43-20-12-14-22-47(43)54(49,3)4)31-39(30-37)51-56-50-41(34-15-7-5-8-16-34)27-28-55-52(50)57(51)40-17-9-6-10-18-40/h5-33,51,56H,1-4H3. The van der Waals surface area contributed by atoms with E-state index in [4.69, 9.17) is 4.98 Å². The summed E-state index contributed by atoms with van der Waals surface area (Å²) in [5.74, 6) is 0.923. The fourth-order valence-electron chi connectivity index (χ4n) is 9.99. The van der Waals surface area contributed by atoms with Gasteiger partial charge in [0.05, 0.1) is 5.69 Å². The molecule has 3 nitrogen and oxygen atoms in total. The van der Waals surface area contributed by atoms with Gasteiger partial charge in [-0.3, -0.25) is 4.90 Å². The van der Waals surface area contributed by atoms with Gasteiger partial charge in [-0.15, -0.1) is 0 Å². The second kappa shape index (κ2) is 12.4. The van der Waals surface area contributed by atoms with E-state index in [1.165, 1.54) is 72.3 Å². The quantitative estimate of drug-likeness (QED) is 0.191. The first-order chi connectivity index (χ1) is 27.8. The SMILES string of the molecule is CC1(C)c2ccccc2-c2cc(-c3cc(-c4ccc5c(c4)-c4ccccc4C5(C)C)cc(C4Nc5c(-c6ccccc6)ccnc5N4c4ccccc4)c3)ccc21. The zero-order valence-electron chi connectivity index (χ0n) is 32.7. The molecule has 3 aliphatic rings. The van der Waals surface area contributed by atoms with Gasteiger partial charge < -0.3 is 5.32 Å². The van der Waals surface area contributed by atoms with E-state index in [-0.39, 0.29) is 17.0 Å². The molecule has 0 spiro atoms. The summed E-state index contributed by atoms with van der Waals surface area (Å²) in [6.45, 7) is 9.40. The highest BCUT2D eigenvalue weighted by atomic mass is 15.4. The Morgan fingerprint density at radius 1 is 0.439 bits per heavy atom. The summed E-state index contributed by atoms with van der Waals surface area (Å²) < 4.78 is 0. The Bertz CT molecular complexity index is 2760. The Hall–Kier alpha value is -6.71. The minimum atomic E-state index is -0.207. The molecule has 7 aromatic carbocycles. The third kappa shape index (κ3) is 5.08. The number of nitrogens with zero attached hydrogens (tertiary/aromatic N) is 2. The molecule has 1 aromatic heterocycles. The molecule has 1 aliphatic heterocycles. The lowest BCUT2D eigenvalue weighted by molar-refractivity contribution is 0.660. The highest BCUT2D eigenvalue weighted by Gasteiger charge is 2.38. The lowest BCUT2D eigenvalue weighted by atomic mass is 9.82. The van der Waals surface area contributed by atoms with Crippen molar-refractivity contribution in [1.82, 2.24) is 4.98 Å². The first kappa shape index (κ1) is 33.6. The van der Waals surface area contributed by atoms with E-state index in [0.717, 1.165) is 28.3 Å². The van der Waals surface area contributed by atoms with Crippen molar-refractivity contribution in [3.63, 3.8) is 0 Å². The predicted molar refractivity (Wildman–Crippen MR) is 237 cm³/mol. The first-order valence-electron chi connectivity index (χ1n) is 20.1. The summed E-state index contributed by atoms with van der Waals surface area (Å²) in [6, 6.07) is 62.7. The zero-order valence-corrected chi connectivity index (χ0v) is 32.7. The summed E-state index contributed by atoms with van der Waals surface area (Å²) in [5, 5.41) is 4.02. The number of para-hydroxylation sites is 1. The highest BCUT2D eigenvalue weighted by molar-refractivity contribution is 5.93. The third-order valence-corrected chi connectivity index (χ3v) is 12.9. The summed E-state index contributed by atoms with van der Waals surface area (Å²) in [7, 11) is 0. The topological polar surface area (TPSA) is 28.2 Å². The van der Waals surface area contributed by atoms with E-state index < -0.39 is 0 Å². The Balaban J connectivity index is 1.12. The minimum absolute atomic E-state index is 0.0505. The van der Waals surface area contributed by atoms with Crippen LogP contribution >= 0.6 is 0 Å². The molecule has 0 saturated carbocycles. The summed E-state index contributed by atoms with van der Waals surface area (Å²) in [4.78, 5) is 7.42. The maximum Gasteiger partial charge on any atom is 0.159 e. The molecule has 1 unspecified atom stereocenters. The average molecular weight is 734 g/mol. The molecule has 0 bridgehead atoms. The van der Waals surface area contributed by atoms with Gasteiger partial charge in [0.25, 0.3) is 0 Å². The Morgan fingerprint density at radius 3 is 1.53 bits per heavy atom. The zero-order chi connectivity index (χ0) is 38.5. The van der Waals surface area contributed by atoms with Gasteiger partial charge in [-0.1, -0.05) is 149 Å². The van der Waals surface area contributed by atoms with Crippen molar-refractivity contribution in [3.8, 4) is 55.6 Å². The maximum atomic E-state index is 5.05. The van der Waals surface area contributed by atoms with Gasteiger partial charge in [0.2, 0.25) is 0 Å². The van der Waals surface area contributed by atoms with E-state index in [2.05, 4.69) is 208 Å². The number of hydrogen-bond donors (Lipinski definition) is 1. The molecule has 1 N–H and O–H groups in total. The predicted octanol–water partition coefficient (Wildman–Crippen LogP) is 14.0. The van der Waals surface area contributed by atoms with Crippen LogP contribution in [-0.2, 0) is 10.8 Å². The molecule has 57 heavy (non-hydrogen) atoms. The largest absolute Gasteiger partial charge is 0.358 e. The molecule has 3 heteroatoms. The summed E-state index contributed by atoms with van der Waals surface area (Å²) >= 11 is 0. The van der Waals surface area contributed by atoms with E-state index in [1.54, 1.807) is 0 Å². The number of anilines is 3. The fraction of sp³-hybridized carbons (Fsp3) is 0.130. The van der Waals surface area contributed by atoms with Crippen molar-refractivity contribution in [1.29, 1.82) is 0 Å². The molecule has 0 radical (unpaired) electrons. The number of aromatic nitrogens is 1. The van der Waals surface area contributed by atoms with Crippen molar-refractivity contribution in [2.24, 2.45) is 0 Å². The monoisotopic (exact) mass is 733 g/mol. The molecule has 274 valence electrons. The number of hydrogen-bond acceptors (Lipinski definition) is 3. The van der Waals surface area contributed by atoms with Crippen LogP contribution in [0.25, 0.3) is 55.6 Å². The van der Waals surface area contributed by atoms with Crippen LogP contribution in [0.15, 0.2) is 176 Å². The van der Waals surface area contributed by atoms with Crippen LogP contribution in [0.2, 0.25) is 0 Å². The van der Waals surface area contributed by atoms with Crippen molar-refractivity contribution in [2.75, 3.05) is 10.2 Å². The second-order valence-corrected chi connectivity index (χ2v) is 16.9. The molecule has 2 aliphatic carbocycles. The number of rotatable bonds is 5. The van der Waals surface area contributed by atoms with Crippen molar-refractivity contribution in [3.05, 3.63) is 204 Å². The molecule has 2 heterocycles. The number of pyridine rings is 1.